The summed E-state index contributed by atoms with van der Waals surface area (Å²) in [5.41, 5.74) is 9.30. The van der Waals surface area contributed by atoms with Gasteiger partial charge in [0.15, 0.2) is 0 Å². The van der Waals surface area contributed by atoms with Gasteiger partial charge in [-0.05, 0) is 47.0 Å². The van der Waals surface area contributed by atoms with Crippen LogP contribution in [0, 0.1) is 6.92 Å². The second kappa shape index (κ2) is 12.3. The molecular formula is C36H28N2. The van der Waals surface area contributed by atoms with E-state index >= 15 is 0 Å². The van der Waals surface area contributed by atoms with Crippen molar-refractivity contribution in [3.8, 4) is 0 Å². The van der Waals surface area contributed by atoms with Crippen LogP contribution in [-0.4, -0.2) is 11.7 Å². The molecule has 38 heavy (non-hydrogen) atoms. The molecule has 0 aliphatic carbocycles. The number of benzene rings is 5. The summed E-state index contributed by atoms with van der Waals surface area (Å²) in [5, 5.41) is 0. The van der Waals surface area contributed by atoms with Crippen molar-refractivity contribution in [3.05, 3.63) is 173 Å². The van der Waals surface area contributed by atoms with Crippen molar-refractivity contribution >= 4 is 28.6 Å². The number of rotatable bonds is 7. The quantitative estimate of drug-likeness (QED) is 0.205. The van der Waals surface area contributed by atoms with E-state index in [0.29, 0.717) is 6.54 Å². The van der Waals surface area contributed by atoms with Crippen LogP contribution in [0.2, 0.25) is 0 Å². The number of nitrogens with zero attached hydrogens (tertiary/aromatic N) is 2. The minimum atomic E-state index is 0.470. The van der Waals surface area contributed by atoms with Gasteiger partial charge < -0.3 is 0 Å². The summed E-state index contributed by atoms with van der Waals surface area (Å²) in [6.45, 7) is 2.56. The highest BCUT2D eigenvalue weighted by atomic mass is 14.7. The van der Waals surface area contributed by atoms with Crippen molar-refractivity contribution in [3.63, 3.8) is 0 Å². The van der Waals surface area contributed by atoms with E-state index in [1.54, 1.807) is 0 Å². The first-order valence-corrected chi connectivity index (χ1v) is 12.7. The Bertz CT molecular complexity index is 1540. The summed E-state index contributed by atoms with van der Waals surface area (Å²) in [7, 11) is 0. The second-order valence-corrected chi connectivity index (χ2v) is 9.00. The van der Waals surface area contributed by atoms with Crippen LogP contribution in [0.4, 0.5) is 5.69 Å². The molecule has 0 aromatic heterocycles. The smallest absolute Gasteiger partial charge is 0.0781 e. The van der Waals surface area contributed by atoms with Gasteiger partial charge in [0.1, 0.15) is 0 Å². The maximum absolute atomic E-state index is 4.83. The van der Waals surface area contributed by atoms with Crippen molar-refractivity contribution in [1.29, 1.82) is 0 Å². The molecule has 0 unspecified atom stereocenters. The first kappa shape index (κ1) is 24.7. The Morgan fingerprint density at radius 3 is 1.39 bits per heavy atom. The third-order valence-corrected chi connectivity index (χ3v) is 6.21. The van der Waals surface area contributed by atoms with Gasteiger partial charge in [-0.15, -0.1) is 0 Å². The van der Waals surface area contributed by atoms with E-state index in [4.69, 9.17) is 9.98 Å². The molecule has 0 aliphatic heterocycles. The minimum Gasteiger partial charge on any atom is -0.238 e. The van der Waals surface area contributed by atoms with Crippen LogP contribution in [0.3, 0.4) is 0 Å². The lowest BCUT2D eigenvalue weighted by Gasteiger charge is -2.06. The average Bonchev–Trinajstić information content (AvgIpc) is 2.98. The van der Waals surface area contributed by atoms with Gasteiger partial charge in [-0.25, -0.2) is 9.98 Å². The maximum atomic E-state index is 4.83. The zero-order valence-corrected chi connectivity index (χ0v) is 21.4. The van der Waals surface area contributed by atoms with Gasteiger partial charge in [-0.3, -0.25) is 0 Å². The van der Waals surface area contributed by atoms with Crippen LogP contribution < -0.4 is 0 Å². The molecule has 2 heteroatoms. The van der Waals surface area contributed by atoms with Crippen molar-refractivity contribution in [2.45, 2.75) is 13.5 Å². The van der Waals surface area contributed by atoms with E-state index in [2.05, 4.69) is 79.3 Å². The Hall–Kier alpha value is -5.00. The van der Waals surface area contributed by atoms with E-state index in [-0.39, 0.29) is 0 Å². The molecule has 5 rings (SSSR count). The summed E-state index contributed by atoms with van der Waals surface area (Å²) in [5.74, 6) is 6.69. The molecule has 0 N–H and O–H groups in total. The second-order valence-electron chi connectivity index (χ2n) is 9.00. The van der Waals surface area contributed by atoms with Crippen molar-refractivity contribution in [2.75, 3.05) is 0 Å². The predicted molar refractivity (Wildman–Crippen MR) is 160 cm³/mol. The van der Waals surface area contributed by atoms with Gasteiger partial charge in [0.2, 0.25) is 0 Å². The van der Waals surface area contributed by atoms with Crippen LogP contribution in [0.1, 0.15) is 33.4 Å². The van der Waals surface area contributed by atoms with Crippen molar-refractivity contribution in [1.82, 2.24) is 0 Å². The summed E-state index contributed by atoms with van der Waals surface area (Å²) in [4.78, 5) is 9.59. The van der Waals surface area contributed by atoms with Gasteiger partial charge in [0.25, 0.3) is 0 Å². The number of hydrogen-bond acceptors (Lipinski definition) is 2. The molecular weight excluding hydrogens is 460 g/mol. The maximum Gasteiger partial charge on any atom is 0.0781 e. The van der Waals surface area contributed by atoms with Gasteiger partial charge >= 0.3 is 0 Å². The molecule has 0 aliphatic rings. The third kappa shape index (κ3) is 6.22. The summed E-state index contributed by atoms with van der Waals surface area (Å²) >= 11 is 0. The van der Waals surface area contributed by atoms with E-state index in [0.717, 1.165) is 44.7 Å². The molecule has 0 heterocycles. The van der Waals surface area contributed by atoms with Crippen LogP contribution in [-0.2, 0) is 6.54 Å². The van der Waals surface area contributed by atoms with Gasteiger partial charge in [-0.1, -0.05) is 139 Å². The van der Waals surface area contributed by atoms with E-state index < -0.39 is 0 Å². The fraction of sp³-hybridized carbons (Fsp3) is 0.0556. The molecule has 0 amide bonds. The minimum absolute atomic E-state index is 0.470. The topological polar surface area (TPSA) is 24.7 Å². The molecule has 182 valence electrons. The third-order valence-electron chi connectivity index (χ3n) is 6.21. The summed E-state index contributed by atoms with van der Waals surface area (Å²) < 4.78 is 0. The normalized spacial score (nSPS) is 10.1. The lowest BCUT2D eigenvalue weighted by atomic mass is 9.99. The molecule has 0 saturated carbocycles. The zero-order chi connectivity index (χ0) is 26.0. The highest BCUT2D eigenvalue weighted by Gasteiger charge is 2.06. The van der Waals surface area contributed by atoms with Crippen molar-refractivity contribution < 1.29 is 0 Å². The largest absolute Gasteiger partial charge is 0.238 e. The Kier molecular flexibility index (Phi) is 7.99. The van der Waals surface area contributed by atoms with E-state index in [1.807, 2.05) is 78.9 Å². The van der Waals surface area contributed by atoms with Crippen LogP contribution >= 0.6 is 0 Å². The lowest BCUT2D eigenvalue weighted by Crippen LogP contribution is -1.90. The highest BCUT2D eigenvalue weighted by Crippen LogP contribution is 2.25. The van der Waals surface area contributed by atoms with Crippen LogP contribution in [0.15, 0.2) is 150 Å². The first-order valence-electron chi connectivity index (χ1n) is 12.7. The number of hydrogen-bond donors (Lipinski definition) is 0. The van der Waals surface area contributed by atoms with Gasteiger partial charge in [-0.2, -0.15) is 0 Å². The molecule has 0 radical (unpaired) electrons. The Balaban J connectivity index is 1.55. The molecule has 2 nitrogen and oxygen atoms in total. The van der Waals surface area contributed by atoms with E-state index in [1.165, 1.54) is 5.56 Å². The monoisotopic (exact) mass is 488 g/mol. The molecule has 5 aromatic carbocycles. The van der Waals surface area contributed by atoms with Gasteiger partial charge in [0, 0.05) is 5.56 Å². The molecule has 0 atom stereocenters. The zero-order valence-electron chi connectivity index (χ0n) is 21.4. The summed E-state index contributed by atoms with van der Waals surface area (Å²) in [6.07, 6.45) is 0. The fourth-order valence-electron chi connectivity index (χ4n) is 4.28. The molecule has 0 saturated heterocycles. The number of aliphatic imine (C=N–C) groups is 2. The predicted octanol–water partition coefficient (Wildman–Crippen LogP) is 8.73. The number of aryl methyl sites for hydroxylation is 1. The van der Waals surface area contributed by atoms with Crippen molar-refractivity contribution in [2.24, 2.45) is 9.98 Å². The van der Waals surface area contributed by atoms with Crippen LogP contribution in [0.5, 0.6) is 0 Å². The lowest BCUT2D eigenvalue weighted by molar-refractivity contribution is 1.07. The summed E-state index contributed by atoms with van der Waals surface area (Å²) in [6, 6.07) is 47.4. The Labute approximate surface area is 224 Å². The highest BCUT2D eigenvalue weighted by molar-refractivity contribution is 6.00. The molecule has 5 aromatic rings. The fourth-order valence-corrected chi connectivity index (χ4v) is 4.28. The first-order chi connectivity index (χ1) is 18.8. The Morgan fingerprint density at radius 1 is 0.526 bits per heavy atom. The molecule has 0 spiro atoms. The van der Waals surface area contributed by atoms with E-state index in [9.17, 15) is 0 Å². The Morgan fingerprint density at radius 2 is 0.947 bits per heavy atom. The van der Waals surface area contributed by atoms with Gasteiger partial charge in [0.05, 0.1) is 23.4 Å². The molecule has 0 bridgehead atoms. The average molecular weight is 489 g/mol. The van der Waals surface area contributed by atoms with Crippen LogP contribution in [0.25, 0.3) is 11.1 Å². The molecule has 0 fully saturated rings. The SMILES string of the molecule is Cc1ccc(N=C=C(c2ccccc2)c2ccccc2)c(CN=C=C(c2ccccc2)c2ccccc2)c1. The standard InChI is InChI=1S/C36H28N2/c1-28-22-23-36(38-27-35(31-18-10-4-11-19-31)32-20-12-5-13-21-32)33(24-28)25-37-26-34(29-14-6-2-7-15-29)30-16-8-3-9-17-30/h2-24H,25H2,1H3.